The van der Waals surface area contributed by atoms with E-state index in [1.165, 1.54) is 0 Å². The molecule has 0 heterocycles. The van der Waals surface area contributed by atoms with Crippen LogP contribution in [-0.2, 0) is 6.42 Å². The molecule has 0 aromatic heterocycles. The summed E-state index contributed by atoms with van der Waals surface area (Å²) in [6.45, 7) is -0.167. The van der Waals surface area contributed by atoms with E-state index in [1.54, 1.807) is 0 Å². The maximum atomic E-state index is 10.8. The molecule has 5 N–H and O–H groups in total. The van der Waals surface area contributed by atoms with Crippen molar-refractivity contribution in [3.05, 3.63) is 17.2 Å². The molecule has 1 rings (SSSR count). The van der Waals surface area contributed by atoms with Crippen LogP contribution in [0.3, 0.4) is 0 Å². The Balaban J connectivity index is 3.30. The maximum Gasteiger partial charge on any atom is 0.336 e. The third-order valence-corrected chi connectivity index (χ3v) is 2.17. The van der Waals surface area contributed by atoms with Crippen molar-refractivity contribution in [2.75, 3.05) is 6.61 Å². The van der Waals surface area contributed by atoms with Gasteiger partial charge in [0, 0.05) is 12.2 Å². The van der Waals surface area contributed by atoms with Gasteiger partial charge in [-0.1, -0.05) is 0 Å². The van der Waals surface area contributed by atoms with Crippen molar-refractivity contribution in [1.29, 1.82) is 0 Å². The molecule has 0 aliphatic rings. The zero-order valence-electron chi connectivity index (χ0n) is 8.34. The minimum Gasteiger partial charge on any atom is -0.504 e. The smallest absolute Gasteiger partial charge is 0.336 e. The number of carbonyl (C=O) groups is 1. The van der Waals surface area contributed by atoms with Crippen LogP contribution in [0.5, 0.6) is 17.2 Å². The van der Waals surface area contributed by atoms with Crippen molar-refractivity contribution in [3.8, 4) is 17.2 Å². The van der Waals surface area contributed by atoms with Crippen LogP contribution in [0.1, 0.15) is 22.3 Å². The lowest BCUT2D eigenvalue weighted by Crippen LogP contribution is -2.04. The van der Waals surface area contributed by atoms with Gasteiger partial charge in [-0.05, 0) is 18.9 Å². The Labute approximate surface area is 91.0 Å². The molecule has 0 aliphatic heterocycles. The number of aromatic carboxylic acids is 1. The van der Waals surface area contributed by atoms with Gasteiger partial charge in [0.15, 0.2) is 11.5 Å². The highest BCUT2D eigenvalue weighted by atomic mass is 16.4. The van der Waals surface area contributed by atoms with E-state index in [0.29, 0.717) is 0 Å². The fourth-order valence-electron chi connectivity index (χ4n) is 1.38. The van der Waals surface area contributed by atoms with E-state index in [-0.39, 0.29) is 30.6 Å². The number of hydrogen-bond acceptors (Lipinski definition) is 5. The highest BCUT2D eigenvalue weighted by Crippen LogP contribution is 2.40. The largest absolute Gasteiger partial charge is 0.504 e. The highest BCUT2D eigenvalue weighted by Gasteiger charge is 2.20. The second-order valence-corrected chi connectivity index (χ2v) is 3.25. The summed E-state index contributed by atoms with van der Waals surface area (Å²) in [4.78, 5) is 10.8. The Morgan fingerprint density at radius 2 is 1.81 bits per heavy atom. The number of phenols is 3. The summed E-state index contributed by atoms with van der Waals surface area (Å²) >= 11 is 0. The van der Waals surface area contributed by atoms with Gasteiger partial charge in [0.05, 0.1) is 5.56 Å². The number of aliphatic hydroxyl groups excluding tert-OH is 1. The average Bonchev–Trinajstić information content (AvgIpc) is 2.24. The Bertz CT molecular complexity index is 412. The molecule has 88 valence electrons. The molecule has 1 aromatic rings. The lowest BCUT2D eigenvalue weighted by Gasteiger charge is -2.10. The van der Waals surface area contributed by atoms with Gasteiger partial charge in [-0.2, -0.15) is 0 Å². The SMILES string of the molecule is O=C(O)c1cc(O)c(O)c(O)c1CCCO. The summed E-state index contributed by atoms with van der Waals surface area (Å²) in [5.74, 6) is -3.43. The monoisotopic (exact) mass is 228 g/mol. The van der Waals surface area contributed by atoms with Gasteiger partial charge in [0.1, 0.15) is 0 Å². The Kier molecular flexibility index (Phi) is 3.57. The normalized spacial score (nSPS) is 10.3. The van der Waals surface area contributed by atoms with Crippen molar-refractivity contribution >= 4 is 5.97 Å². The summed E-state index contributed by atoms with van der Waals surface area (Å²) in [6.07, 6.45) is 0.343. The van der Waals surface area contributed by atoms with Crippen LogP contribution in [-0.4, -0.2) is 38.1 Å². The molecule has 0 radical (unpaired) electrons. The first kappa shape index (κ1) is 12.1. The van der Waals surface area contributed by atoms with Gasteiger partial charge >= 0.3 is 5.97 Å². The Morgan fingerprint density at radius 3 is 2.31 bits per heavy atom. The minimum absolute atomic E-state index is 0.00292. The molecule has 16 heavy (non-hydrogen) atoms. The van der Waals surface area contributed by atoms with Crippen molar-refractivity contribution in [2.45, 2.75) is 12.8 Å². The first-order valence-corrected chi connectivity index (χ1v) is 4.60. The number of phenolic OH excluding ortho intramolecular Hbond substituents is 3. The van der Waals surface area contributed by atoms with Crippen molar-refractivity contribution in [3.63, 3.8) is 0 Å². The molecule has 0 fully saturated rings. The zero-order chi connectivity index (χ0) is 12.3. The van der Waals surface area contributed by atoms with Crippen molar-refractivity contribution in [1.82, 2.24) is 0 Å². The topological polar surface area (TPSA) is 118 Å². The van der Waals surface area contributed by atoms with E-state index in [9.17, 15) is 15.0 Å². The molecule has 0 unspecified atom stereocenters. The van der Waals surface area contributed by atoms with E-state index in [0.717, 1.165) is 6.07 Å². The molecular weight excluding hydrogens is 216 g/mol. The van der Waals surface area contributed by atoms with Gasteiger partial charge in [-0.3, -0.25) is 0 Å². The number of carboxylic acids is 1. The third kappa shape index (κ3) is 2.17. The summed E-state index contributed by atoms with van der Waals surface area (Å²) in [5.41, 5.74) is -0.293. The van der Waals surface area contributed by atoms with Gasteiger partial charge in [0.2, 0.25) is 5.75 Å². The van der Waals surface area contributed by atoms with E-state index >= 15 is 0 Å². The fraction of sp³-hybridized carbons (Fsp3) is 0.300. The van der Waals surface area contributed by atoms with Crippen LogP contribution < -0.4 is 0 Å². The molecule has 6 nitrogen and oxygen atoms in total. The number of rotatable bonds is 4. The Hall–Kier alpha value is -1.95. The van der Waals surface area contributed by atoms with Gasteiger partial charge in [-0.15, -0.1) is 0 Å². The second-order valence-electron chi connectivity index (χ2n) is 3.25. The van der Waals surface area contributed by atoms with Crippen molar-refractivity contribution < 1.29 is 30.3 Å². The summed E-state index contributed by atoms with van der Waals surface area (Å²) in [5, 5.41) is 45.3. The highest BCUT2D eigenvalue weighted by molar-refractivity contribution is 5.91. The number of hydrogen-bond donors (Lipinski definition) is 5. The third-order valence-electron chi connectivity index (χ3n) is 2.17. The fourth-order valence-corrected chi connectivity index (χ4v) is 1.38. The van der Waals surface area contributed by atoms with Gasteiger partial charge in [-0.25, -0.2) is 4.79 Å². The lowest BCUT2D eigenvalue weighted by molar-refractivity contribution is 0.0694. The molecular formula is C10H12O6. The van der Waals surface area contributed by atoms with Crippen LogP contribution in [0.15, 0.2) is 6.07 Å². The second kappa shape index (κ2) is 4.71. The van der Waals surface area contributed by atoms with Crippen LogP contribution in [0.2, 0.25) is 0 Å². The molecule has 0 bridgehead atoms. The molecule has 0 amide bonds. The number of benzene rings is 1. The molecule has 0 saturated carbocycles. The summed E-state index contributed by atoms with van der Waals surface area (Å²) in [7, 11) is 0. The zero-order valence-corrected chi connectivity index (χ0v) is 8.34. The summed E-state index contributed by atoms with van der Waals surface area (Å²) < 4.78 is 0. The summed E-state index contributed by atoms with van der Waals surface area (Å²) in [6, 6.07) is 0.865. The van der Waals surface area contributed by atoms with E-state index < -0.39 is 23.2 Å². The van der Waals surface area contributed by atoms with E-state index in [1.807, 2.05) is 0 Å². The molecule has 0 atom stereocenters. The minimum atomic E-state index is -1.32. The first-order chi connectivity index (χ1) is 7.49. The van der Waals surface area contributed by atoms with Crippen LogP contribution in [0.25, 0.3) is 0 Å². The number of aliphatic hydroxyl groups is 1. The Morgan fingerprint density at radius 1 is 1.19 bits per heavy atom. The first-order valence-electron chi connectivity index (χ1n) is 4.60. The molecule has 0 spiro atoms. The maximum absolute atomic E-state index is 10.8. The lowest BCUT2D eigenvalue weighted by atomic mass is 10.0. The quantitative estimate of drug-likeness (QED) is 0.477. The predicted octanol–water partition coefficient (Wildman–Crippen LogP) is 0.426. The average molecular weight is 228 g/mol. The number of aromatic hydroxyl groups is 3. The molecule has 6 heteroatoms. The van der Waals surface area contributed by atoms with Gasteiger partial charge in [0.25, 0.3) is 0 Å². The van der Waals surface area contributed by atoms with Gasteiger partial charge < -0.3 is 25.5 Å². The van der Waals surface area contributed by atoms with Crippen LogP contribution in [0.4, 0.5) is 0 Å². The molecule has 0 aliphatic carbocycles. The number of carboxylic acid groups (broad SMARTS) is 1. The van der Waals surface area contributed by atoms with Crippen molar-refractivity contribution in [2.24, 2.45) is 0 Å². The predicted molar refractivity (Wildman–Crippen MR) is 53.8 cm³/mol. The van der Waals surface area contributed by atoms with Crippen LogP contribution in [0, 0.1) is 0 Å². The van der Waals surface area contributed by atoms with Crippen LogP contribution >= 0.6 is 0 Å². The standard InChI is InChI=1S/C10H12O6/c11-3-1-2-5-6(10(15)16)4-7(12)9(14)8(5)13/h4,11-14H,1-3H2,(H,15,16). The van der Waals surface area contributed by atoms with E-state index in [2.05, 4.69) is 0 Å². The molecule has 0 saturated heterocycles. The molecule has 1 aromatic carbocycles. The van der Waals surface area contributed by atoms with E-state index in [4.69, 9.17) is 15.3 Å².